The molecule has 0 aliphatic rings. The van der Waals surface area contributed by atoms with Crippen LogP contribution >= 0.6 is 0 Å². The summed E-state index contributed by atoms with van der Waals surface area (Å²) in [5.41, 5.74) is 0.267. The molecule has 1 heterocycles. The Morgan fingerprint density at radius 3 is 2.48 bits per heavy atom. The number of carbonyl (C=O) groups excluding carboxylic acids is 1. The van der Waals surface area contributed by atoms with Gasteiger partial charge >= 0.3 is 5.97 Å². The lowest BCUT2D eigenvalue weighted by molar-refractivity contribution is 0.0525. The molecule has 0 radical (unpaired) electrons. The Hall–Kier alpha value is -2.31. The van der Waals surface area contributed by atoms with E-state index in [1.54, 1.807) is 13.8 Å². The van der Waals surface area contributed by atoms with Crippen LogP contribution in [0.2, 0.25) is 0 Å². The number of hydrogen-bond acceptors (Lipinski definition) is 3. The van der Waals surface area contributed by atoms with E-state index < -0.39 is 23.4 Å². The summed E-state index contributed by atoms with van der Waals surface area (Å²) in [7, 11) is 0. The Labute approximate surface area is 119 Å². The summed E-state index contributed by atoms with van der Waals surface area (Å²) in [5.74, 6) is -4.04. The van der Waals surface area contributed by atoms with E-state index in [1.807, 2.05) is 0 Å². The average Bonchev–Trinajstić information content (AvgIpc) is 2.86. The highest BCUT2D eigenvalue weighted by Crippen LogP contribution is 2.21. The van der Waals surface area contributed by atoms with Gasteiger partial charge in [0.1, 0.15) is 11.3 Å². The Kier molecular flexibility index (Phi) is 4.30. The maximum absolute atomic E-state index is 13.8. The summed E-state index contributed by atoms with van der Waals surface area (Å²) in [5, 5.41) is 3.88. The van der Waals surface area contributed by atoms with E-state index in [0.717, 1.165) is 4.68 Å². The molecule has 0 bridgehead atoms. The number of rotatable bonds is 4. The third-order valence-corrected chi connectivity index (χ3v) is 2.92. The van der Waals surface area contributed by atoms with Gasteiger partial charge in [0.25, 0.3) is 0 Å². The predicted octanol–water partition coefficient (Wildman–Crippen LogP) is 3.03. The van der Waals surface area contributed by atoms with E-state index in [1.165, 1.54) is 6.20 Å². The molecule has 2 aromatic rings. The van der Waals surface area contributed by atoms with Crippen molar-refractivity contribution in [3.63, 3.8) is 0 Å². The van der Waals surface area contributed by atoms with E-state index in [0.29, 0.717) is 24.2 Å². The second kappa shape index (κ2) is 5.99. The van der Waals surface area contributed by atoms with Gasteiger partial charge in [0.15, 0.2) is 17.5 Å². The Bertz CT molecular complexity index is 683. The number of aromatic nitrogens is 2. The van der Waals surface area contributed by atoms with Crippen LogP contribution in [0.3, 0.4) is 0 Å². The van der Waals surface area contributed by atoms with Crippen LogP contribution in [-0.4, -0.2) is 22.4 Å². The van der Waals surface area contributed by atoms with E-state index in [9.17, 15) is 18.0 Å². The smallest absolute Gasteiger partial charge is 0.341 e. The standard InChI is InChI=1S/C14H13F3N2O2/c1-3-12-8(14(20)21-4-2)7-18-19(12)13-6-10(16)9(15)5-11(13)17/h5-7H,3-4H2,1-2H3. The van der Waals surface area contributed by atoms with Gasteiger partial charge in [-0.3, -0.25) is 0 Å². The maximum atomic E-state index is 13.8. The molecule has 7 heteroatoms. The molecule has 0 N–H and O–H groups in total. The number of ether oxygens (including phenoxy) is 1. The van der Waals surface area contributed by atoms with Crippen LogP contribution in [0.1, 0.15) is 29.9 Å². The Morgan fingerprint density at radius 1 is 1.19 bits per heavy atom. The van der Waals surface area contributed by atoms with Crippen molar-refractivity contribution in [2.24, 2.45) is 0 Å². The van der Waals surface area contributed by atoms with E-state index in [-0.39, 0.29) is 17.9 Å². The molecule has 0 atom stereocenters. The van der Waals surface area contributed by atoms with E-state index in [2.05, 4.69) is 5.10 Å². The van der Waals surface area contributed by atoms with Crippen molar-refractivity contribution in [2.45, 2.75) is 20.3 Å². The van der Waals surface area contributed by atoms with Crippen LogP contribution in [-0.2, 0) is 11.2 Å². The van der Waals surface area contributed by atoms with Gasteiger partial charge in [0, 0.05) is 12.1 Å². The quantitative estimate of drug-likeness (QED) is 0.644. The number of benzene rings is 1. The lowest BCUT2D eigenvalue weighted by Gasteiger charge is -2.09. The van der Waals surface area contributed by atoms with Crippen molar-refractivity contribution in [1.82, 2.24) is 9.78 Å². The van der Waals surface area contributed by atoms with Crippen LogP contribution in [0.25, 0.3) is 5.69 Å². The van der Waals surface area contributed by atoms with Crippen molar-refractivity contribution >= 4 is 5.97 Å². The number of hydrogen-bond donors (Lipinski definition) is 0. The van der Waals surface area contributed by atoms with Crippen LogP contribution < -0.4 is 0 Å². The normalized spacial score (nSPS) is 10.7. The van der Waals surface area contributed by atoms with Gasteiger partial charge in [-0.15, -0.1) is 0 Å². The van der Waals surface area contributed by atoms with Gasteiger partial charge in [-0.25, -0.2) is 22.6 Å². The molecule has 0 unspecified atom stereocenters. The molecule has 21 heavy (non-hydrogen) atoms. The first-order valence-corrected chi connectivity index (χ1v) is 6.38. The van der Waals surface area contributed by atoms with Crippen molar-refractivity contribution in [1.29, 1.82) is 0 Å². The van der Waals surface area contributed by atoms with Gasteiger partial charge in [-0.2, -0.15) is 5.10 Å². The molecule has 0 aliphatic heterocycles. The minimum absolute atomic E-state index is 0.170. The minimum Gasteiger partial charge on any atom is -0.462 e. The molecule has 0 aliphatic carbocycles. The summed E-state index contributed by atoms with van der Waals surface area (Å²) in [6.45, 7) is 3.57. The molecule has 0 amide bonds. The summed E-state index contributed by atoms with van der Waals surface area (Å²) in [6.07, 6.45) is 1.56. The van der Waals surface area contributed by atoms with E-state index in [4.69, 9.17) is 4.74 Å². The number of esters is 1. The molecular formula is C14H13F3N2O2. The molecule has 0 saturated carbocycles. The van der Waals surface area contributed by atoms with Gasteiger partial charge < -0.3 is 4.74 Å². The number of halogens is 3. The van der Waals surface area contributed by atoms with Crippen LogP contribution in [0.4, 0.5) is 13.2 Å². The van der Waals surface area contributed by atoms with Crippen LogP contribution in [0, 0.1) is 17.5 Å². The second-order valence-electron chi connectivity index (χ2n) is 4.21. The SMILES string of the molecule is CCOC(=O)c1cnn(-c2cc(F)c(F)cc2F)c1CC. The van der Waals surface area contributed by atoms with Gasteiger partial charge in [-0.05, 0) is 13.3 Å². The maximum Gasteiger partial charge on any atom is 0.341 e. The topological polar surface area (TPSA) is 44.1 Å². The second-order valence-corrected chi connectivity index (χ2v) is 4.21. The van der Waals surface area contributed by atoms with Crippen LogP contribution in [0.5, 0.6) is 0 Å². The molecule has 1 aromatic carbocycles. The summed E-state index contributed by atoms with van der Waals surface area (Å²) < 4.78 is 46.0. The fraction of sp³-hybridized carbons (Fsp3) is 0.286. The third-order valence-electron chi connectivity index (χ3n) is 2.92. The Balaban J connectivity index is 2.55. The highest BCUT2D eigenvalue weighted by atomic mass is 19.2. The molecule has 2 rings (SSSR count). The summed E-state index contributed by atoms with van der Waals surface area (Å²) in [4.78, 5) is 11.8. The summed E-state index contributed by atoms with van der Waals surface area (Å²) in [6, 6.07) is 1.14. The molecule has 0 fully saturated rings. The first-order valence-electron chi connectivity index (χ1n) is 6.38. The van der Waals surface area contributed by atoms with Crippen molar-refractivity contribution in [3.8, 4) is 5.69 Å². The molecule has 4 nitrogen and oxygen atoms in total. The zero-order valence-electron chi connectivity index (χ0n) is 11.5. The lowest BCUT2D eigenvalue weighted by Crippen LogP contribution is -2.10. The molecule has 112 valence electrons. The highest BCUT2D eigenvalue weighted by molar-refractivity contribution is 5.90. The number of carbonyl (C=O) groups is 1. The van der Waals surface area contributed by atoms with E-state index >= 15 is 0 Å². The molecule has 0 spiro atoms. The fourth-order valence-corrected chi connectivity index (χ4v) is 1.98. The molecular weight excluding hydrogens is 285 g/mol. The highest BCUT2D eigenvalue weighted by Gasteiger charge is 2.21. The molecule has 1 aromatic heterocycles. The largest absolute Gasteiger partial charge is 0.462 e. The molecule has 0 saturated heterocycles. The zero-order chi connectivity index (χ0) is 15.6. The fourth-order valence-electron chi connectivity index (χ4n) is 1.98. The minimum atomic E-state index is -1.29. The average molecular weight is 298 g/mol. The van der Waals surface area contributed by atoms with Crippen molar-refractivity contribution in [2.75, 3.05) is 6.61 Å². The lowest BCUT2D eigenvalue weighted by atomic mass is 10.2. The van der Waals surface area contributed by atoms with Crippen molar-refractivity contribution in [3.05, 3.63) is 47.0 Å². The van der Waals surface area contributed by atoms with Gasteiger partial charge in [-0.1, -0.05) is 6.92 Å². The van der Waals surface area contributed by atoms with Gasteiger partial charge in [0.05, 0.1) is 18.5 Å². The monoisotopic (exact) mass is 298 g/mol. The first-order chi connectivity index (χ1) is 9.99. The predicted molar refractivity (Wildman–Crippen MR) is 68.8 cm³/mol. The Morgan fingerprint density at radius 2 is 1.86 bits per heavy atom. The zero-order valence-corrected chi connectivity index (χ0v) is 11.5. The van der Waals surface area contributed by atoms with Crippen molar-refractivity contribution < 1.29 is 22.7 Å². The third kappa shape index (κ3) is 2.76. The van der Waals surface area contributed by atoms with Gasteiger partial charge in [0.2, 0.25) is 0 Å². The first kappa shape index (κ1) is 15.1. The number of nitrogens with zero attached hydrogens (tertiary/aromatic N) is 2. The summed E-state index contributed by atoms with van der Waals surface area (Å²) >= 11 is 0. The van der Waals surface area contributed by atoms with Crippen LogP contribution in [0.15, 0.2) is 18.3 Å².